The Morgan fingerprint density at radius 3 is 2.41 bits per heavy atom. The standard InChI is InChI=1S/C31H38N2O3S/c1-22(2)19-32(29(35)21-36-25-9-7-6-8-10-25)20-28(34)33-17-15-27-26(16-18-37-27)30(33)23-11-13-24(14-12-23)31(3,4)5/h6-14,16,18,22,30H,15,17,19-21H2,1-5H3. The highest BCUT2D eigenvalue weighted by Gasteiger charge is 2.34. The first-order valence-electron chi connectivity index (χ1n) is 13.0. The molecule has 1 aromatic heterocycles. The van der Waals surface area contributed by atoms with Crippen LogP contribution in [0.4, 0.5) is 0 Å². The van der Waals surface area contributed by atoms with Gasteiger partial charge in [0, 0.05) is 18.0 Å². The van der Waals surface area contributed by atoms with Crippen molar-refractivity contribution in [2.45, 2.75) is 52.5 Å². The second kappa shape index (κ2) is 11.5. The van der Waals surface area contributed by atoms with Gasteiger partial charge in [0.05, 0.1) is 12.6 Å². The van der Waals surface area contributed by atoms with Crippen LogP contribution in [0, 0.1) is 5.92 Å². The van der Waals surface area contributed by atoms with E-state index in [1.54, 1.807) is 16.2 Å². The summed E-state index contributed by atoms with van der Waals surface area (Å²) in [5.41, 5.74) is 3.63. The van der Waals surface area contributed by atoms with Crippen LogP contribution in [0.25, 0.3) is 0 Å². The van der Waals surface area contributed by atoms with Crippen LogP contribution in [0.15, 0.2) is 66.0 Å². The molecule has 0 N–H and O–H groups in total. The number of fused-ring (bicyclic) bond motifs is 1. The molecule has 5 nitrogen and oxygen atoms in total. The van der Waals surface area contributed by atoms with E-state index < -0.39 is 0 Å². The van der Waals surface area contributed by atoms with Gasteiger partial charge < -0.3 is 14.5 Å². The van der Waals surface area contributed by atoms with Crippen LogP contribution >= 0.6 is 11.3 Å². The number of carbonyl (C=O) groups excluding carboxylic acids is 2. The Balaban J connectivity index is 1.54. The molecule has 1 aliphatic heterocycles. The third-order valence-corrected chi connectivity index (χ3v) is 7.75. The lowest BCUT2D eigenvalue weighted by atomic mass is 9.85. The smallest absolute Gasteiger partial charge is 0.260 e. The van der Waals surface area contributed by atoms with Crippen LogP contribution in [-0.2, 0) is 21.4 Å². The van der Waals surface area contributed by atoms with Gasteiger partial charge in [0.25, 0.3) is 5.91 Å². The molecule has 1 aliphatic rings. The molecule has 2 aromatic carbocycles. The summed E-state index contributed by atoms with van der Waals surface area (Å²) >= 11 is 1.76. The zero-order valence-electron chi connectivity index (χ0n) is 22.6. The van der Waals surface area contributed by atoms with E-state index in [1.165, 1.54) is 16.0 Å². The molecule has 0 aliphatic carbocycles. The molecule has 0 saturated carbocycles. The maximum absolute atomic E-state index is 13.8. The van der Waals surface area contributed by atoms with E-state index in [0.29, 0.717) is 18.8 Å². The SMILES string of the molecule is CC(C)CN(CC(=O)N1CCc2sccc2C1c1ccc(C(C)(C)C)cc1)C(=O)COc1ccccc1. The van der Waals surface area contributed by atoms with Gasteiger partial charge in [0.2, 0.25) is 5.91 Å². The van der Waals surface area contributed by atoms with Gasteiger partial charge in [-0.1, -0.05) is 77.1 Å². The minimum atomic E-state index is -0.176. The number of nitrogens with zero attached hydrogens (tertiary/aromatic N) is 2. The van der Waals surface area contributed by atoms with Crippen molar-refractivity contribution in [3.05, 3.63) is 87.6 Å². The fourth-order valence-corrected chi connectivity index (χ4v) is 5.72. The summed E-state index contributed by atoms with van der Waals surface area (Å²) in [5.74, 6) is 0.672. The van der Waals surface area contributed by atoms with Crippen LogP contribution in [0.5, 0.6) is 5.75 Å². The summed E-state index contributed by atoms with van der Waals surface area (Å²) in [7, 11) is 0. The van der Waals surface area contributed by atoms with Crippen LogP contribution in [0.3, 0.4) is 0 Å². The van der Waals surface area contributed by atoms with Gasteiger partial charge in [-0.05, 0) is 58.0 Å². The Labute approximate surface area is 225 Å². The molecule has 37 heavy (non-hydrogen) atoms. The number of thiophene rings is 1. The molecule has 2 amide bonds. The van der Waals surface area contributed by atoms with E-state index in [2.05, 4.69) is 70.3 Å². The molecule has 0 saturated heterocycles. The quantitative estimate of drug-likeness (QED) is 0.363. The first-order chi connectivity index (χ1) is 17.6. The van der Waals surface area contributed by atoms with Crippen molar-refractivity contribution in [3.63, 3.8) is 0 Å². The van der Waals surface area contributed by atoms with E-state index in [9.17, 15) is 9.59 Å². The lowest BCUT2D eigenvalue weighted by molar-refractivity contribution is -0.143. The Bertz CT molecular complexity index is 1200. The van der Waals surface area contributed by atoms with Gasteiger partial charge in [0.1, 0.15) is 5.75 Å². The van der Waals surface area contributed by atoms with Gasteiger partial charge in [-0.25, -0.2) is 0 Å². The van der Waals surface area contributed by atoms with Crippen LogP contribution in [-0.4, -0.2) is 47.9 Å². The van der Waals surface area contributed by atoms with Crippen LogP contribution in [0.2, 0.25) is 0 Å². The van der Waals surface area contributed by atoms with Crippen LogP contribution in [0.1, 0.15) is 62.2 Å². The minimum absolute atomic E-state index is 0.0320. The molecule has 1 unspecified atom stereocenters. The number of hydrogen-bond acceptors (Lipinski definition) is 4. The predicted octanol–water partition coefficient (Wildman–Crippen LogP) is 6.08. The Hall–Kier alpha value is -3.12. The third-order valence-electron chi connectivity index (χ3n) is 6.75. The minimum Gasteiger partial charge on any atom is -0.484 e. The average Bonchev–Trinajstić information content (AvgIpc) is 3.35. The fraction of sp³-hybridized carbons (Fsp3) is 0.419. The monoisotopic (exact) mass is 518 g/mol. The van der Waals surface area contributed by atoms with E-state index in [-0.39, 0.29) is 42.3 Å². The van der Waals surface area contributed by atoms with Crippen molar-refractivity contribution in [1.82, 2.24) is 9.80 Å². The lowest BCUT2D eigenvalue weighted by Crippen LogP contribution is -2.48. The number of hydrogen-bond donors (Lipinski definition) is 0. The fourth-order valence-electron chi connectivity index (χ4n) is 4.81. The summed E-state index contributed by atoms with van der Waals surface area (Å²) < 4.78 is 5.71. The van der Waals surface area contributed by atoms with Crippen molar-refractivity contribution >= 4 is 23.2 Å². The summed E-state index contributed by atoms with van der Waals surface area (Å²) in [6.45, 7) is 11.8. The molecular weight excluding hydrogens is 480 g/mol. The second-order valence-electron chi connectivity index (χ2n) is 11.2. The maximum atomic E-state index is 13.8. The zero-order valence-corrected chi connectivity index (χ0v) is 23.4. The van der Waals surface area contributed by atoms with Gasteiger partial charge in [-0.3, -0.25) is 9.59 Å². The van der Waals surface area contributed by atoms with E-state index in [4.69, 9.17) is 4.74 Å². The zero-order chi connectivity index (χ0) is 26.6. The number of rotatable bonds is 8. The molecule has 1 atom stereocenters. The van der Waals surface area contributed by atoms with E-state index >= 15 is 0 Å². The predicted molar refractivity (Wildman–Crippen MR) is 150 cm³/mol. The topological polar surface area (TPSA) is 49.9 Å². The highest BCUT2D eigenvalue weighted by molar-refractivity contribution is 7.10. The summed E-state index contributed by atoms with van der Waals surface area (Å²) in [5, 5.41) is 2.12. The third kappa shape index (κ3) is 6.61. The van der Waals surface area contributed by atoms with E-state index in [0.717, 1.165) is 12.0 Å². The first-order valence-corrected chi connectivity index (χ1v) is 13.9. The number of carbonyl (C=O) groups is 2. The molecule has 4 rings (SSSR count). The highest BCUT2D eigenvalue weighted by Crippen LogP contribution is 2.38. The number of para-hydroxylation sites is 1. The Kier molecular flexibility index (Phi) is 8.38. The first kappa shape index (κ1) is 26.9. The molecule has 0 fully saturated rings. The van der Waals surface area contributed by atoms with Gasteiger partial charge in [-0.2, -0.15) is 0 Å². The molecule has 0 spiro atoms. The van der Waals surface area contributed by atoms with Gasteiger partial charge in [-0.15, -0.1) is 11.3 Å². The second-order valence-corrected chi connectivity index (χ2v) is 12.2. The average molecular weight is 519 g/mol. The lowest BCUT2D eigenvalue weighted by Gasteiger charge is -2.38. The summed E-state index contributed by atoms with van der Waals surface area (Å²) in [6.07, 6.45) is 0.838. The van der Waals surface area contributed by atoms with Gasteiger partial charge >= 0.3 is 0 Å². The molecule has 6 heteroatoms. The normalized spacial score (nSPS) is 15.4. The summed E-state index contributed by atoms with van der Waals surface area (Å²) in [4.78, 5) is 31.9. The Morgan fingerprint density at radius 2 is 1.76 bits per heavy atom. The number of benzene rings is 2. The van der Waals surface area contributed by atoms with Crippen molar-refractivity contribution in [2.24, 2.45) is 5.92 Å². The van der Waals surface area contributed by atoms with Crippen molar-refractivity contribution in [3.8, 4) is 5.75 Å². The van der Waals surface area contributed by atoms with Crippen molar-refractivity contribution in [2.75, 3.05) is 26.2 Å². The molecule has 3 aromatic rings. The Morgan fingerprint density at radius 1 is 1.05 bits per heavy atom. The van der Waals surface area contributed by atoms with E-state index in [1.807, 2.05) is 35.2 Å². The van der Waals surface area contributed by atoms with Crippen molar-refractivity contribution < 1.29 is 14.3 Å². The number of ether oxygens (including phenoxy) is 1. The molecular formula is C31H38N2O3S. The largest absolute Gasteiger partial charge is 0.484 e. The van der Waals surface area contributed by atoms with Gasteiger partial charge in [0.15, 0.2) is 6.61 Å². The molecule has 0 bridgehead atoms. The van der Waals surface area contributed by atoms with Crippen LogP contribution < -0.4 is 4.74 Å². The highest BCUT2D eigenvalue weighted by atomic mass is 32.1. The molecule has 0 radical (unpaired) electrons. The maximum Gasteiger partial charge on any atom is 0.260 e. The summed E-state index contributed by atoms with van der Waals surface area (Å²) in [6, 6.07) is 20.0. The molecule has 2 heterocycles. The number of amides is 2. The van der Waals surface area contributed by atoms with Crippen molar-refractivity contribution in [1.29, 1.82) is 0 Å². The molecule has 196 valence electrons.